The molecule has 0 bridgehead atoms. The number of aliphatic hydroxyl groups is 2. The van der Waals surface area contributed by atoms with Crippen molar-refractivity contribution >= 4 is 29.4 Å². The molecule has 1 aliphatic carbocycles. The maximum Gasteiger partial charge on any atom is 0.415 e. The summed E-state index contributed by atoms with van der Waals surface area (Å²) in [7, 11) is 0. The van der Waals surface area contributed by atoms with Crippen LogP contribution in [0.1, 0.15) is 72.4 Å². The molecule has 0 spiro atoms. The van der Waals surface area contributed by atoms with Gasteiger partial charge in [-0.05, 0) is 65.5 Å². The second-order valence-corrected chi connectivity index (χ2v) is 12.6. The molecule has 3 N–H and O–H groups in total. The first-order valence-corrected chi connectivity index (χ1v) is 14.3. The van der Waals surface area contributed by atoms with Gasteiger partial charge in [0.25, 0.3) is 0 Å². The summed E-state index contributed by atoms with van der Waals surface area (Å²) in [5.41, 5.74) is -3.34. The number of amides is 1. The molecule has 0 aromatic carbocycles. The molecule has 1 saturated heterocycles. The fourth-order valence-electron chi connectivity index (χ4n) is 5.45. The highest BCUT2D eigenvalue weighted by atomic mass is 16.7. The second-order valence-electron chi connectivity index (χ2n) is 12.6. The van der Waals surface area contributed by atoms with Gasteiger partial charge in [0.15, 0.2) is 5.82 Å². The van der Waals surface area contributed by atoms with Gasteiger partial charge >= 0.3 is 18.0 Å². The maximum atomic E-state index is 13.0. The number of carbonyl (C=O) groups is 3. The van der Waals surface area contributed by atoms with Crippen LogP contribution in [0.5, 0.6) is 0 Å². The number of carbonyl (C=O) groups excluding carboxylic acids is 3. The standard InChI is InChI=1S/C29H39N5O9/c1-27(2,3)24(37)41-16-42-26(39)33-23-18-11-12-20(34(18)32-15-31-23)29(14-30)22(36)21(35)19(43-29)13-40-25(38)28(4,5)17-9-7-6-8-10-17/h11-12,15,17,19,21-22,35-36H,6-10,13,16H2,1-5H3,(H,31,32,33,39)/t19-,21-,22-,29+/m1/s1. The highest BCUT2D eigenvalue weighted by Gasteiger charge is 2.58. The Labute approximate surface area is 249 Å². The maximum absolute atomic E-state index is 13.0. The smallest absolute Gasteiger partial charge is 0.415 e. The summed E-state index contributed by atoms with van der Waals surface area (Å²) >= 11 is 0. The Balaban J connectivity index is 1.47. The Morgan fingerprint density at radius 2 is 1.79 bits per heavy atom. The SMILES string of the molecule is CC(C)(C)C(=O)OCOC(=O)Nc1ncnn2c([C@]3(C#N)O[C@H](COC(=O)C(C)(C)C4CCCCC4)[C@@H](O)[C@H]3O)ccc12. The Bertz CT molecular complexity index is 1390. The number of ether oxygens (including phenoxy) is 4. The van der Waals surface area contributed by atoms with E-state index in [1.165, 1.54) is 16.6 Å². The molecule has 1 amide bonds. The van der Waals surface area contributed by atoms with Crippen LogP contribution in [-0.2, 0) is 34.1 Å². The van der Waals surface area contributed by atoms with Gasteiger partial charge in [0, 0.05) is 0 Å². The van der Waals surface area contributed by atoms with Gasteiger partial charge in [-0.1, -0.05) is 19.3 Å². The van der Waals surface area contributed by atoms with Crippen LogP contribution in [0.4, 0.5) is 10.6 Å². The number of fused-ring (bicyclic) bond motifs is 1. The van der Waals surface area contributed by atoms with E-state index in [9.17, 15) is 29.9 Å². The van der Waals surface area contributed by atoms with Crippen LogP contribution in [0.3, 0.4) is 0 Å². The molecule has 14 nitrogen and oxygen atoms in total. The van der Waals surface area contributed by atoms with Gasteiger partial charge in [-0.2, -0.15) is 10.4 Å². The third-order valence-corrected chi connectivity index (χ3v) is 8.20. The Morgan fingerprint density at radius 1 is 1.09 bits per heavy atom. The topological polar surface area (TPSA) is 195 Å². The Hall–Kier alpha value is -3.80. The molecule has 0 radical (unpaired) electrons. The van der Waals surface area contributed by atoms with E-state index in [0.29, 0.717) is 0 Å². The first-order chi connectivity index (χ1) is 20.2. The number of hydrogen-bond acceptors (Lipinski definition) is 12. The van der Waals surface area contributed by atoms with Crippen molar-refractivity contribution < 1.29 is 43.5 Å². The molecule has 4 rings (SSSR count). The predicted octanol–water partition coefficient (Wildman–Crippen LogP) is 2.81. The van der Waals surface area contributed by atoms with Crippen LogP contribution in [0, 0.1) is 28.1 Å². The lowest BCUT2D eigenvalue weighted by atomic mass is 9.71. The minimum absolute atomic E-state index is 0.00931. The number of aromatic nitrogens is 3. The number of nitrogens with one attached hydrogen (secondary N) is 1. The van der Waals surface area contributed by atoms with Crippen molar-refractivity contribution in [3.8, 4) is 6.07 Å². The van der Waals surface area contributed by atoms with E-state index in [1.807, 2.05) is 19.9 Å². The molecule has 3 heterocycles. The van der Waals surface area contributed by atoms with Crippen LogP contribution >= 0.6 is 0 Å². The first-order valence-electron chi connectivity index (χ1n) is 14.3. The highest BCUT2D eigenvalue weighted by molar-refractivity contribution is 5.88. The minimum Gasteiger partial charge on any atom is -0.462 e. The molecule has 2 fully saturated rings. The third-order valence-electron chi connectivity index (χ3n) is 8.20. The van der Waals surface area contributed by atoms with Crippen LogP contribution in [0.15, 0.2) is 18.5 Å². The van der Waals surface area contributed by atoms with Crippen molar-refractivity contribution in [2.45, 2.75) is 90.6 Å². The van der Waals surface area contributed by atoms with E-state index in [2.05, 4.69) is 15.4 Å². The Morgan fingerprint density at radius 3 is 2.44 bits per heavy atom. The quantitative estimate of drug-likeness (QED) is 0.296. The fourth-order valence-corrected chi connectivity index (χ4v) is 5.45. The molecule has 2 aliphatic rings. The molecular formula is C29H39N5O9. The number of aliphatic hydroxyl groups excluding tert-OH is 2. The molecule has 43 heavy (non-hydrogen) atoms. The largest absolute Gasteiger partial charge is 0.462 e. The van der Waals surface area contributed by atoms with E-state index in [-0.39, 0.29) is 29.6 Å². The summed E-state index contributed by atoms with van der Waals surface area (Å²) in [6.45, 7) is 7.67. The zero-order valence-corrected chi connectivity index (χ0v) is 25.0. The van der Waals surface area contributed by atoms with E-state index < -0.39 is 59.6 Å². The van der Waals surface area contributed by atoms with Gasteiger partial charge in [0.1, 0.15) is 42.8 Å². The van der Waals surface area contributed by atoms with Crippen LogP contribution in [0.25, 0.3) is 5.52 Å². The lowest BCUT2D eigenvalue weighted by Gasteiger charge is -2.35. The summed E-state index contributed by atoms with van der Waals surface area (Å²) in [6, 6.07) is 4.86. The normalized spacial score (nSPS) is 24.7. The van der Waals surface area contributed by atoms with Gasteiger partial charge < -0.3 is 29.2 Å². The zero-order valence-electron chi connectivity index (χ0n) is 25.0. The molecule has 4 atom stereocenters. The predicted molar refractivity (Wildman–Crippen MR) is 149 cm³/mol. The van der Waals surface area contributed by atoms with Crippen LogP contribution < -0.4 is 5.32 Å². The lowest BCUT2D eigenvalue weighted by molar-refractivity contribution is -0.164. The molecule has 1 aliphatic heterocycles. The molecular weight excluding hydrogens is 562 g/mol. The number of nitriles is 1. The highest BCUT2D eigenvalue weighted by Crippen LogP contribution is 2.42. The minimum atomic E-state index is -2.09. The number of nitrogens with zero attached hydrogens (tertiary/aromatic N) is 4. The summed E-state index contributed by atoms with van der Waals surface area (Å²) < 4.78 is 22.5. The van der Waals surface area contributed by atoms with Crippen molar-refractivity contribution in [2.24, 2.45) is 16.7 Å². The molecule has 1 saturated carbocycles. The fraction of sp³-hybridized carbons (Fsp3) is 0.655. The second kappa shape index (κ2) is 12.4. The van der Waals surface area contributed by atoms with Crippen molar-refractivity contribution in [2.75, 3.05) is 18.7 Å². The lowest BCUT2D eigenvalue weighted by Crippen LogP contribution is -2.41. The average Bonchev–Trinajstić information content (AvgIpc) is 3.51. The summed E-state index contributed by atoms with van der Waals surface area (Å²) in [5, 5.41) is 38.6. The third kappa shape index (κ3) is 6.43. The van der Waals surface area contributed by atoms with Crippen molar-refractivity contribution in [1.29, 1.82) is 5.26 Å². The van der Waals surface area contributed by atoms with Crippen LogP contribution in [0.2, 0.25) is 0 Å². The summed E-state index contributed by atoms with van der Waals surface area (Å²) in [4.78, 5) is 41.3. The summed E-state index contributed by atoms with van der Waals surface area (Å²) in [6.07, 6.45) is 0.787. The van der Waals surface area contributed by atoms with Gasteiger partial charge in [-0.25, -0.2) is 14.3 Å². The number of rotatable bonds is 8. The van der Waals surface area contributed by atoms with E-state index in [0.717, 1.165) is 38.4 Å². The van der Waals surface area contributed by atoms with E-state index >= 15 is 0 Å². The zero-order chi connectivity index (χ0) is 31.6. The number of anilines is 1. The van der Waals surface area contributed by atoms with Gasteiger partial charge in [-0.3, -0.25) is 14.9 Å². The van der Waals surface area contributed by atoms with Gasteiger partial charge in [0.05, 0.1) is 16.5 Å². The Kier molecular flexibility index (Phi) is 9.29. The number of hydrogen-bond donors (Lipinski definition) is 3. The molecule has 234 valence electrons. The summed E-state index contributed by atoms with van der Waals surface area (Å²) in [5.74, 6) is -0.820. The van der Waals surface area contributed by atoms with E-state index in [4.69, 9.17) is 18.9 Å². The van der Waals surface area contributed by atoms with Crippen molar-refractivity contribution in [3.63, 3.8) is 0 Å². The van der Waals surface area contributed by atoms with Crippen molar-refractivity contribution in [1.82, 2.24) is 14.6 Å². The molecule has 14 heteroatoms. The first kappa shape index (κ1) is 32.1. The van der Waals surface area contributed by atoms with Crippen molar-refractivity contribution in [3.05, 3.63) is 24.2 Å². The van der Waals surface area contributed by atoms with E-state index in [1.54, 1.807) is 20.8 Å². The molecule has 2 aromatic heterocycles. The monoisotopic (exact) mass is 601 g/mol. The van der Waals surface area contributed by atoms with Crippen LogP contribution in [-0.4, -0.2) is 74.6 Å². The average molecular weight is 602 g/mol. The van der Waals surface area contributed by atoms with Gasteiger partial charge in [-0.15, -0.1) is 0 Å². The molecule has 2 aromatic rings. The molecule has 0 unspecified atom stereocenters. The van der Waals surface area contributed by atoms with Gasteiger partial charge in [0.2, 0.25) is 12.4 Å². The number of esters is 2.